The van der Waals surface area contributed by atoms with Gasteiger partial charge in [0.2, 0.25) is 0 Å². The third kappa shape index (κ3) is 4.32. The van der Waals surface area contributed by atoms with Crippen molar-refractivity contribution in [3.8, 4) is 0 Å². The number of benzene rings is 1. The van der Waals surface area contributed by atoms with E-state index in [1.54, 1.807) is 14.0 Å². The predicted molar refractivity (Wildman–Crippen MR) is 81.1 cm³/mol. The topological polar surface area (TPSA) is 64.8 Å². The molecule has 118 valence electrons. The molecule has 0 amide bonds. The van der Waals surface area contributed by atoms with Crippen LogP contribution in [-0.2, 0) is 9.47 Å². The van der Waals surface area contributed by atoms with Gasteiger partial charge in [-0.15, -0.1) is 0 Å². The van der Waals surface area contributed by atoms with Gasteiger partial charge in [-0.25, -0.2) is 9.18 Å². The van der Waals surface area contributed by atoms with Gasteiger partial charge < -0.3 is 20.1 Å². The van der Waals surface area contributed by atoms with E-state index in [0.717, 1.165) is 6.07 Å². The van der Waals surface area contributed by atoms with Crippen molar-refractivity contribution >= 4 is 17.3 Å². The van der Waals surface area contributed by atoms with E-state index in [1.807, 2.05) is 18.7 Å². The van der Waals surface area contributed by atoms with Crippen LogP contribution in [0.5, 0.6) is 0 Å². The highest BCUT2D eigenvalue weighted by Gasteiger charge is 2.20. The molecule has 1 rings (SSSR count). The Balaban J connectivity index is 3.20. The van der Waals surface area contributed by atoms with Gasteiger partial charge in [-0.2, -0.15) is 0 Å². The number of halogens is 1. The first-order valence-electron chi connectivity index (χ1n) is 6.94. The van der Waals surface area contributed by atoms with E-state index in [1.165, 1.54) is 6.07 Å². The standard InChI is InChI=1S/C15H23FN2O3/c1-5-21-15(19)11-8-14(12(16)9-13(11)17)18(10(2)3)6-7-20-4/h8-10H,5-7,17H2,1-4H3. The van der Waals surface area contributed by atoms with Crippen LogP contribution in [0.1, 0.15) is 31.1 Å². The molecular weight excluding hydrogens is 275 g/mol. The third-order valence-corrected chi connectivity index (χ3v) is 3.08. The van der Waals surface area contributed by atoms with E-state index in [-0.39, 0.29) is 23.9 Å². The van der Waals surface area contributed by atoms with Crippen molar-refractivity contribution in [2.45, 2.75) is 26.8 Å². The third-order valence-electron chi connectivity index (χ3n) is 3.08. The normalized spacial score (nSPS) is 10.8. The smallest absolute Gasteiger partial charge is 0.340 e. The minimum Gasteiger partial charge on any atom is -0.462 e. The van der Waals surface area contributed by atoms with Crippen LogP contribution in [0.2, 0.25) is 0 Å². The summed E-state index contributed by atoms with van der Waals surface area (Å²) in [5, 5.41) is 0. The van der Waals surface area contributed by atoms with E-state index >= 15 is 0 Å². The van der Waals surface area contributed by atoms with Gasteiger partial charge in [0.1, 0.15) is 5.82 Å². The van der Waals surface area contributed by atoms with Gasteiger partial charge in [-0.1, -0.05) is 0 Å². The van der Waals surface area contributed by atoms with Crippen molar-refractivity contribution in [3.05, 3.63) is 23.5 Å². The molecule has 0 aromatic heterocycles. The number of carbonyl (C=O) groups excluding carboxylic acids is 1. The average molecular weight is 298 g/mol. The molecule has 0 aliphatic carbocycles. The van der Waals surface area contributed by atoms with Gasteiger partial charge in [0.05, 0.1) is 24.5 Å². The van der Waals surface area contributed by atoms with Crippen LogP contribution in [0.15, 0.2) is 12.1 Å². The summed E-state index contributed by atoms with van der Waals surface area (Å²) in [5.41, 5.74) is 6.28. The average Bonchev–Trinajstić information content (AvgIpc) is 2.41. The number of nitrogen functional groups attached to an aromatic ring is 1. The van der Waals surface area contributed by atoms with E-state index in [9.17, 15) is 9.18 Å². The largest absolute Gasteiger partial charge is 0.462 e. The second-order valence-electron chi connectivity index (χ2n) is 4.89. The van der Waals surface area contributed by atoms with E-state index in [2.05, 4.69) is 0 Å². The van der Waals surface area contributed by atoms with Crippen LogP contribution in [-0.4, -0.2) is 38.9 Å². The maximum atomic E-state index is 14.2. The Bertz CT molecular complexity index is 492. The first-order valence-corrected chi connectivity index (χ1v) is 6.94. The molecule has 5 nitrogen and oxygen atoms in total. The lowest BCUT2D eigenvalue weighted by molar-refractivity contribution is 0.0527. The Kier molecular flexibility index (Phi) is 6.42. The van der Waals surface area contributed by atoms with Crippen molar-refractivity contribution < 1.29 is 18.7 Å². The highest BCUT2D eigenvalue weighted by molar-refractivity contribution is 5.96. The molecule has 0 bridgehead atoms. The quantitative estimate of drug-likeness (QED) is 0.619. The minimum absolute atomic E-state index is 0.0494. The summed E-state index contributed by atoms with van der Waals surface area (Å²) in [7, 11) is 1.59. The highest BCUT2D eigenvalue weighted by atomic mass is 19.1. The molecule has 0 spiro atoms. The summed E-state index contributed by atoms with van der Waals surface area (Å²) in [5.74, 6) is -1.02. The summed E-state index contributed by atoms with van der Waals surface area (Å²) < 4.78 is 24.2. The number of nitrogens with zero attached hydrogens (tertiary/aromatic N) is 1. The Hall–Kier alpha value is -1.82. The molecule has 0 heterocycles. The summed E-state index contributed by atoms with van der Waals surface area (Å²) >= 11 is 0. The fourth-order valence-corrected chi connectivity index (χ4v) is 2.03. The first-order chi connectivity index (χ1) is 9.92. The highest BCUT2D eigenvalue weighted by Crippen LogP contribution is 2.27. The molecule has 6 heteroatoms. The van der Waals surface area contributed by atoms with Crippen LogP contribution in [0.3, 0.4) is 0 Å². The number of rotatable bonds is 7. The van der Waals surface area contributed by atoms with Gasteiger partial charge in [-0.05, 0) is 32.9 Å². The second kappa shape index (κ2) is 7.83. The second-order valence-corrected chi connectivity index (χ2v) is 4.89. The number of methoxy groups -OCH3 is 1. The SMILES string of the molecule is CCOC(=O)c1cc(N(CCOC)C(C)C)c(F)cc1N. The summed E-state index contributed by atoms with van der Waals surface area (Å²) in [6.07, 6.45) is 0. The van der Waals surface area contributed by atoms with Crippen molar-refractivity contribution in [2.75, 3.05) is 37.5 Å². The zero-order valence-electron chi connectivity index (χ0n) is 13.0. The number of nitrogens with two attached hydrogens (primary N) is 1. The molecule has 1 aromatic rings. The van der Waals surface area contributed by atoms with Crippen LogP contribution in [0.25, 0.3) is 0 Å². The number of carbonyl (C=O) groups is 1. The number of anilines is 2. The molecule has 0 atom stereocenters. The number of esters is 1. The molecule has 0 aliphatic rings. The molecule has 0 saturated heterocycles. The zero-order valence-corrected chi connectivity index (χ0v) is 13.0. The lowest BCUT2D eigenvalue weighted by atomic mass is 10.1. The van der Waals surface area contributed by atoms with Gasteiger partial charge >= 0.3 is 5.97 Å². The van der Waals surface area contributed by atoms with Crippen LogP contribution in [0.4, 0.5) is 15.8 Å². The summed E-state index contributed by atoms with van der Waals surface area (Å²) in [4.78, 5) is 13.7. The van der Waals surface area contributed by atoms with E-state index in [4.69, 9.17) is 15.2 Å². The Morgan fingerprint density at radius 3 is 2.62 bits per heavy atom. The van der Waals surface area contributed by atoms with E-state index in [0.29, 0.717) is 18.8 Å². The Labute approximate surface area is 124 Å². The molecule has 0 fully saturated rings. The molecule has 1 aromatic carbocycles. The molecule has 21 heavy (non-hydrogen) atoms. The summed E-state index contributed by atoms with van der Waals surface area (Å²) in [6.45, 7) is 6.79. The first kappa shape index (κ1) is 17.2. The lowest BCUT2D eigenvalue weighted by Crippen LogP contribution is -2.34. The Morgan fingerprint density at radius 2 is 2.10 bits per heavy atom. The molecule has 0 saturated carbocycles. The number of hydrogen-bond donors (Lipinski definition) is 1. The van der Waals surface area contributed by atoms with Crippen LogP contribution >= 0.6 is 0 Å². The predicted octanol–water partition coefficient (Wildman–Crippen LogP) is 2.45. The molecule has 0 radical (unpaired) electrons. The number of ether oxygens (including phenoxy) is 2. The molecular formula is C15H23FN2O3. The number of hydrogen-bond acceptors (Lipinski definition) is 5. The van der Waals surface area contributed by atoms with E-state index < -0.39 is 11.8 Å². The Morgan fingerprint density at radius 1 is 1.43 bits per heavy atom. The summed E-state index contributed by atoms with van der Waals surface area (Å²) in [6, 6.07) is 2.65. The van der Waals surface area contributed by atoms with Crippen LogP contribution < -0.4 is 10.6 Å². The molecule has 0 aliphatic heterocycles. The fourth-order valence-electron chi connectivity index (χ4n) is 2.03. The van der Waals surface area contributed by atoms with Crippen molar-refractivity contribution in [1.29, 1.82) is 0 Å². The van der Waals surface area contributed by atoms with Crippen LogP contribution in [0, 0.1) is 5.82 Å². The van der Waals surface area contributed by atoms with Crippen molar-refractivity contribution in [2.24, 2.45) is 0 Å². The van der Waals surface area contributed by atoms with Gasteiger partial charge in [0.25, 0.3) is 0 Å². The lowest BCUT2D eigenvalue weighted by Gasteiger charge is -2.29. The van der Waals surface area contributed by atoms with Crippen molar-refractivity contribution in [3.63, 3.8) is 0 Å². The maximum Gasteiger partial charge on any atom is 0.340 e. The minimum atomic E-state index is -0.549. The maximum absolute atomic E-state index is 14.2. The fraction of sp³-hybridized carbons (Fsp3) is 0.533. The van der Waals surface area contributed by atoms with Gasteiger partial charge in [0.15, 0.2) is 0 Å². The molecule has 0 unspecified atom stereocenters. The van der Waals surface area contributed by atoms with Gasteiger partial charge in [-0.3, -0.25) is 0 Å². The zero-order chi connectivity index (χ0) is 16.0. The monoisotopic (exact) mass is 298 g/mol. The molecule has 2 N–H and O–H groups in total. The van der Waals surface area contributed by atoms with Gasteiger partial charge in [0, 0.05) is 25.4 Å². The van der Waals surface area contributed by atoms with Crippen molar-refractivity contribution in [1.82, 2.24) is 0 Å².